The van der Waals surface area contributed by atoms with Crippen LogP contribution in [-0.2, 0) is 6.42 Å². The molecule has 1 aromatic rings. The lowest BCUT2D eigenvalue weighted by Crippen LogP contribution is -2.48. The summed E-state index contributed by atoms with van der Waals surface area (Å²) in [6.07, 6.45) is 3.99. The fourth-order valence-electron chi connectivity index (χ4n) is 2.63. The maximum absolute atomic E-state index is 13.8. The smallest absolute Gasteiger partial charge is 0.162 e. The standard InChI is InChI=1S/C16H23F2N/c1-15(2,3)19-11-16(8-5-9-16)10-12-6-4-7-13(17)14(12)18/h4,6-7,19H,5,8-11H2,1-3H3. The van der Waals surface area contributed by atoms with Crippen LogP contribution in [0.4, 0.5) is 8.78 Å². The number of rotatable bonds is 4. The summed E-state index contributed by atoms with van der Waals surface area (Å²) in [5.74, 6) is -1.42. The van der Waals surface area contributed by atoms with E-state index in [2.05, 4.69) is 26.1 Å². The van der Waals surface area contributed by atoms with Crippen molar-refractivity contribution >= 4 is 0 Å². The molecule has 0 unspecified atom stereocenters. The number of nitrogens with one attached hydrogen (secondary N) is 1. The number of hydrogen-bond donors (Lipinski definition) is 1. The minimum Gasteiger partial charge on any atom is -0.312 e. The van der Waals surface area contributed by atoms with Crippen molar-refractivity contribution in [2.24, 2.45) is 5.41 Å². The number of hydrogen-bond acceptors (Lipinski definition) is 1. The Bertz CT molecular complexity index is 445. The SMILES string of the molecule is CC(C)(C)NCC1(Cc2cccc(F)c2F)CCC1. The van der Waals surface area contributed by atoms with E-state index in [-0.39, 0.29) is 11.0 Å². The lowest BCUT2D eigenvalue weighted by atomic mass is 9.65. The van der Waals surface area contributed by atoms with Gasteiger partial charge in [0.2, 0.25) is 0 Å². The quantitative estimate of drug-likeness (QED) is 0.867. The van der Waals surface area contributed by atoms with Gasteiger partial charge in [0.1, 0.15) is 0 Å². The summed E-state index contributed by atoms with van der Waals surface area (Å²) < 4.78 is 27.0. The summed E-state index contributed by atoms with van der Waals surface area (Å²) >= 11 is 0. The topological polar surface area (TPSA) is 12.0 Å². The van der Waals surface area contributed by atoms with Gasteiger partial charge in [-0.15, -0.1) is 0 Å². The highest BCUT2D eigenvalue weighted by Crippen LogP contribution is 2.43. The van der Waals surface area contributed by atoms with Crippen LogP contribution in [-0.4, -0.2) is 12.1 Å². The summed E-state index contributed by atoms with van der Waals surface area (Å²) in [5, 5.41) is 3.50. The van der Waals surface area contributed by atoms with E-state index >= 15 is 0 Å². The Kier molecular flexibility index (Phi) is 3.95. The van der Waals surface area contributed by atoms with Crippen LogP contribution >= 0.6 is 0 Å². The molecule has 0 aliphatic heterocycles. The van der Waals surface area contributed by atoms with Gasteiger partial charge in [0.25, 0.3) is 0 Å². The minimum atomic E-state index is -0.740. The first-order valence-electron chi connectivity index (χ1n) is 6.99. The Morgan fingerprint density at radius 3 is 2.42 bits per heavy atom. The molecule has 0 saturated heterocycles. The second-order valence-corrected chi connectivity index (χ2v) is 6.85. The van der Waals surface area contributed by atoms with Crippen molar-refractivity contribution in [2.75, 3.05) is 6.54 Å². The number of benzene rings is 1. The van der Waals surface area contributed by atoms with E-state index in [9.17, 15) is 8.78 Å². The summed E-state index contributed by atoms with van der Waals surface area (Å²) in [6, 6.07) is 4.48. The van der Waals surface area contributed by atoms with E-state index in [0.29, 0.717) is 12.0 Å². The molecular weight excluding hydrogens is 244 g/mol. The third-order valence-corrected chi connectivity index (χ3v) is 4.00. The number of halogens is 2. The molecular formula is C16H23F2N. The Morgan fingerprint density at radius 1 is 1.21 bits per heavy atom. The van der Waals surface area contributed by atoms with E-state index < -0.39 is 11.6 Å². The molecule has 2 rings (SSSR count). The van der Waals surface area contributed by atoms with Crippen LogP contribution in [0.2, 0.25) is 0 Å². The summed E-state index contributed by atoms with van der Waals surface area (Å²) in [6.45, 7) is 7.25. The van der Waals surface area contributed by atoms with Crippen LogP contribution in [0, 0.1) is 17.0 Å². The molecule has 1 aliphatic rings. The van der Waals surface area contributed by atoms with E-state index in [4.69, 9.17) is 0 Å². The maximum atomic E-state index is 13.8. The second-order valence-electron chi connectivity index (χ2n) is 6.85. The molecule has 106 valence electrons. The van der Waals surface area contributed by atoms with Crippen LogP contribution in [0.25, 0.3) is 0 Å². The maximum Gasteiger partial charge on any atom is 0.162 e. The first kappa shape index (κ1) is 14.4. The Morgan fingerprint density at radius 2 is 1.89 bits per heavy atom. The molecule has 3 heteroatoms. The molecule has 0 spiro atoms. The van der Waals surface area contributed by atoms with Gasteiger partial charge in [0.15, 0.2) is 11.6 Å². The van der Waals surface area contributed by atoms with Crippen molar-refractivity contribution in [2.45, 2.75) is 52.0 Å². The molecule has 0 atom stereocenters. The first-order chi connectivity index (χ1) is 8.81. The molecule has 0 bridgehead atoms. The van der Waals surface area contributed by atoms with E-state index in [1.807, 2.05) is 0 Å². The first-order valence-corrected chi connectivity index (χ1v) is 6.99. The van der Waals surface area contributed by atoms with Crippen molar-refractivity contribution in [1.82, 2.24) is 5.32 Å². The van der Waals surface area contributed by atoms with Gasteiger partial charge >= 0.3 is 0 Å². The van der Waals surface area contributed by atoms with E-state index in [0.717, 1.165) is 19.4 Å². The van der Waals surface area contributed by atoms with Gasteiger partial charge in [-0.2, -0.15) is 0 Å². The molecule has 1 saturated carbocycles. The van der Waals surface area contributed by atoms with Crippen molar-refractivity contribution < 1.29 is 8.78 Å². The van der Waals surface area contributed by atoms with Crippen LogP contribution in [0.3, 0.4) is 0 Å². The fourth-order valence-corrected chi connectivity index (χ4v) is 2.63. The van der Waals surface area contributed by atoms with Gasteiger partial charge in [0, 0.05) is 12.1 Å². The highest BCUT2D eigenvalue weighted by Gasteiger charge is 2.38. The zero-order valence-corrected chi connectivity index (χ0v) is 12.0. The molecule has 0 aromatic heterocycles. The molecule has 0 radical (unpaired) electrons. The average Bonchev–Trinajstić information content (AvgIpc) is 2.26. The predicted octanol–water partition coefficient (Wildman–Crippen LogP) is 4.07. The van der Waals surface area contributed by atoms with Crippen LogP contribution in [0.15, 0.2) is 18.2 Å². The van der Waals surface area contributed by atoms with Crippen LogP contribution in [0.5, 0.6) is 0 Å². The molecule has 1 fully saturated rings. The van der Waals surface area contributed by atoms with Crippen molar-refractivity contribution in [3.63, 3.8) is 0 Å². The molecule has 1 aliphatic carbocycles. The van der Waals surface area contributed by atoms with Crippen LogP contribution < -0.4 is 5.32 Å². The molecule has 1 N–H and O–H groups in total. The molecule has 1 aromatic carbocycles. The minimum absolute atomic E-state index is 0.0586. The summed E-state index contributed by atoms with van der Waals surface area (Å²) in [4.78, 5) is 0. The molecule has 0 amide bonds. The van der Waals surface area contributed by atoms with Crippen LogP contribution in [0.1, 0.15) is 45.6 Å². The molecule has 1 nitrogen and oxygen atoms in total. The highest BCUT2D eigenvalue weighted by molar-refractivity contribution is 5.21. The molecule has 19 heavy (non-hydrogen) atoms. The summed E-state index contributed by atoms with van der Waals surface area (Å²) in [5.41, 5.74) is 0.667. The third-order valence-electron chi connectivity index (χ3n) is 4.00. The van der Waals surface area contributed by atoms with Gasteiger partial charge < -0.3 is 5.32 Å². The lowest BCUT2D eigenvalue weighted by Gasteiger charge is -2.44. The monoisotopic (exact) mass is 267 g/mol. The zero-order valence-electron chi connectivity index (χ0n) is 12.0. The Labute approximate surface area is 114 Å². The van der Waals surface area contributed by atoms with Crippen molar-refractivity contribution in [1.29, 1.82) is 0 Å². The summed E-state index contributed by atoms with van der Waals surface area (Å²) in [7, 11) is 0. The fraction of sp³-hybridized carbons (Fsp3) is 0.625. The third kappa shape index (κ3) is 3.53. The Balaban J connectivity index is 2.08. The largest absolute Gasteiger partial charge is 0.312 e. The van der Waals surface area contributed by atoms with Gasteiger partial charge in [-0.1, -0.05) is 18.6 Å². The van der Waals surface area contributed by atoms with Gasteiger partial charge in [-0.05, 0) is 57.1 Å². The van der Waals surface area contributed by atoms with E-state index in [1.54, 1.807) is 12.1 Å². The van der Waals surface area contributed by atoms with Gasteiger partial charge in [0.05, 0.1) is 0 Å². The zero-order chi connectivity index (χ0) is 14.1. The van der Waals surface area contributed by atoms with Crippen molar-refractivity contribution in [3.8, 4) is 0 Å². The highest BCUT2D eigenvalue weighted by atomic mass is 19.2. The van der Waals surface area contributed by atoms with E-state index in [1.165, 1.54) is 12.5 Å². The predicted molar refractivity (Wildman–Crippen MR) is 74.1 cm³/mol. The average molecular weight is 267 g/mol. The second kappa shape index (κ2) is 5.20. The normalized spacial score (nSPS) is 18.2. The Hall–Kier alpha value is -0.960. The molecule has 0 heterocycles. The van der Waals surface area contributed by atoms with Gasteiger partial charge in [-0.3, -0.25) is 0 Å². The van der Waals surface area contributed by atoms with Crippen molar-refractivity contribution in [3.05, 3.63) is 35.4 Å². The lowest BCUT2D eigenvalue weighted by molar-refractivity contribution is 0.117. The van der Waals surface area contributed by atoms with Gasteiger partial charge in [-0.25, -0.2) is 8.78 Å².